The molecule has 0 saturated carbocycles. The van der Waals surface area contributed by atoms with E-state index in [0.717, 1.165) is 12.8 Å². The van der Waals surface area contributed by atoms with Gasteiger partial charge in [-0.3, -0.25) is 0 Å². The van der Waals surface area contributed by atoms with Crippen LogP contribution in [0, 0.1) is 6.92 Å². The third kappa shape index (κ3) is 5.48. The van der Waals surface area contributed by atoms with Gasteiger partial charge in [0.1, 0.15) is 0 Å². The average molecular weight is 533 g/mol. The molecule has 0 amide bonds. The summed E-state index contributed by atoms with van der Waals surface area (Å²) in [5.74, 6) is 0.472. The Morgan fingerprint density at radius 3 is 2.00 bits per heavy atom. The maximum atomic E-state index is 2.51. The molecular formula is C28H34Cl2Zr. The molecule has 1 atom stereocenters. The van der Waals surface area contributed by atoms with Crippen molar-refractivity contribution < 1.29 is 51.0 Å². The van der Waals surface area contributed by atoms with Crippen molar-refractivity contribution in [3.63, 3.8) is 0 Å². The van der Waals surface area contributed by atoms with E-state index >= 15 is 0 Å². The van der Waals surface area contributed by atoms with E-state index in [-0.39, 0.29) is 61.8 Å². The molecule has 0 saturated heterocycles. The van der Waals surface area contributed by atoms with E-state index in [0.29, 0.717) is 5.92 Å². The van der Waals surface area contributed by atoms with E-state index < -0.39 is 0 Å². The largest absolute Gasteiger partial charge is 2.00 e. The van der Waals surface area contributed by atoms with Gasteiger partial charge in [0.2, 0.25) is 0 Å². The number of aryl methyl sites for hydroxylation is 1. The van der Waals surface area contributed by atoms with Gasteiger partial charge in [-0.1, -0.05) is 95.7 Å². The number of allylic oxidation sites excluding steroid dienone is 4. The van der Waals surface area contributed by atoms with E-state index in [9.17, 15) is 0 Å². The van der Waals surface area contributed by atoms with Crippen LogP contribution in [0.2, 0.25) is 0 Å². The van der Waals surface area contributed by atoms with Crippen molar-refractivity contribution in [1.82, 2.24) is 0 Å². The smallest absolute Gasteiger partial charge is 1.00 e. The Hall–Kier alpha value is -0.617. The van der Waals surface area contributed by atoms with Crippen molar-refractivity contribution in [1.29, 1.82) is 0 Å². The van der Waals surface area contributed by atoms with E-state index in [1.165, 1.54) is 33.4 Å². The quantitative estimate of drug-likeness (QED) is 0.555. The minimum atomic E-state index is 0. The summed E-state index contributed by atoms with van der Waals surface area (Å²) in [6.07, 6.45) is 9.07. The van der Waals surface area contributed by atoms with Gasteiger partial charge in [-0.05, 0) is 69.5 Å². The first kappa shape index (κ1) is 28.4. The Labute approximate surface area is 220 Å². The van der Waals surface area contributed by atoms with Crippen LogP contribution >= 0.6 is 0 Å². The van der Waals surface area contributed by atoms with Gasteiger partial charge in [-0.25, -0.2) is 0 Å². The standard InChI is InChI=1S/C28H34.2ClH.Zr/c1-18-14-21(28(5,6)7)17-25-23(15-19-10-8-9-11-19)24-16-20(27(2,3)4)12-13-22(24)26(18)25;;;/h8-10,12-14,16-17,23H,11,15H2,1-7H3;2*1H;/q;;;+2/p-2. The van der Waals surface area contributed by atoms with Crippen molar-refractivity contribution in [3.8, 4) is 11.1 Å². The SMILES string of the molecule is Cc1cc(C(C)(C)C)cc2c1-c1ccc(C(C)(C)C)cc1C2CC1=CC=CC1.[Cl-].[Cl-].[Zr+2]. The maximum absolute atomic E-state index is 2.51. The van der Waals surface area contributed by atoms with E-state index in [1.807, 2.05) is 0 Å². The molecule has 0 aromatic heterocycles. The molecule has 2 aromatic carbocycles. The van der Waals surface area contributed by atoms with Crippen molar-refractivity contribution in [3.05, 3.63) is 82.0 Å². The number of rotatable bonds is 2. The van der Waals surface area contributed by atoms with Gasteiger partial charge in [-0.2, -0.15) is 0 Å². The van der Waals surface area contributed by atoms with Crippen LogP contribution in [0.5, 0.6) is 0 Å². The molecule has 0 nitrogen and oxygen atoms in total. The molecule has 0 heterocycles. The fraction of sp³-hybridized carbons (Fsp3) is 0.429. The van der Waals surface area contributed by atoms with E-state index in [2.05, 4.69) is 97.0 Å². The van der Waals surface area contributed by atoms with E-state index in [4.69, 9.17) is 0 Å². The third-order valence-corrected chi connectivity index (χ3v) is 6.48. The Balaban J connectivity index is 0.00000160. The summed E-state index contributed by atoms with van der Waals surface area (Å²) in [5, 5.41) is 0. The van der Waals surface area contributed by atoms with Crippen LogP contribution in [0.15, 0.2) is 54.1 Å². The summed E-state index contributed by atoms with van der Waals surface area (Å²) in [4.78, 5) is 0. The topological polar surface area (TPSA) is 0 Å². The molecule has 164 valence electrons. The predicted octanol–water partition coefficient (Wildman–Crippen LogP) is 1.98. The number of hydrogen-bond donors (Lipinski definition) is 0. The van der Waals surface area contributed by atoms with Crippen molar-refractivity contribution in [2.45, 2.75) is 78.1 Å². The molecule has 0 fully saturated rings. The molecule has 31 heavy (non-hydrogen) atoms. The van der Waals surface area contributed by atoms with Crippen molar-refractivity contribution in [2.24, 2.45) is 0 Å². The molecule has 0 aliphatic heterocycles. The van der Waals surface area contributed by atoms with Crippen molar-refractivity contribution in [2.75, 3.05) is 0 Å². The molecule has 4 rings (SSSR count). The maximum Gasteiger partial charge on any atom is 2.00 e. The first-order valence-corrected chi connectivity index (χ1v) is 10.7. The molecular weight excluding hydrogens is 498 g/mol. The second kappa shape index (κ2) is 10.1. The molecule has 0 spiro atoms. The zero-order valence-corrected chi connectivity index (χ0v) is 23.8. The molecule has 2 aromatic rings. The fourth-order valence-electron chi connectivity index (χ4n) is 4.73. The van der Waals surface area contributed by atoms with Gasteiger partial charge in [0.15, 0.2) is 0 Å². The summed E-state index contributed by atoms with van der Waals surface area (Å²) in [6.45, 7) is 16.2. The Kier molecular flexibility index (Phi) is 9.27. The summed E-state index contributed by atoms with van der Waals surface area (Å²) in [5.41, 5.74) is 12.2. The monoisotopic (exact) mass is 530 g/mol. The zero-order chi connectivity index (χ0) is 20.3. The molecule has 1 unspecified atom stereocenters. The minimum Gasteiger partial charge on any atom is -1.00 e. The first-order chi connectivity index (χ1) is 13.1. The number of benzene rings is 2. The van der Waals surface area contributed by atoms with E-state index in [1.54, 1.807) is 11.1 Å². The number of halogens is 2. The van der Waals surface area contributed by atoms with Gasteiger partial charge in [-0.15, -0.1) is 0 Å². The third-order valence-electron chi connectivity index (χ3n) is 6.48. The van der Waals surface area contributed by atoms with Crippen LogP contribution in [0.1, 0.15) is 88.1 Å². The molecule has 0 radical (unpaired) electrons. The second-order valence-electron chi connectivity index (χ2n) is 10.8. The fourth-order valence-corrected chi connectivity index (χ4v) is 4.73. The summed E-state index contributed by atoms with van der Waals surface area (Å²) < 4.78 is 0. The minimum absolute atomic E-state index is 0. The normalized spacial score (nSPS) is 16.5. The Bertz CT molecular complexity index is 1000. The Morgan fingerprint density at radius 1 is 0.839 bits per heavy atom. The Morgan fingerprint density at radius 2 is 1.45 bits per heavy atom. The average Bonchev–Trinajstić information content (AvgIpc) is 3.20. The molecule has 2 aliphatic rings. The summed E-state index contributed by atoms with van der Waals surface area (Å²) >= 11 is 0. The summed E-state index contributed by atoms with van der Waals surface area (Å²) in [7, 11) is 0. The van der Waals surface area contributed by atoms with Crippen LogP contribution in [0.4, 0.5) is 0 Å². The molecule has 2 aliphatic carbocycles. The number of hydrogen-bond acceptors (Lipinski definition) is 0. The predicted molar refractivity (Wildman–Crippen MR) is 122 cm³/mol. The van der Waals surface area contributed by atoms with Gasteiger partial charge in [0.25, 0.3) is 0 Å². The zero-order valence-electron chi connectivity index (χ0n) is 19.9. The van der Waals surface area contributed by atoms with Gasteiger partial charge >= 0.3 is 26.2 Å². The molecule has 0 bridgehead atoms. The van der Waals surface area contributed by atoms with Crippen LogP contribution < -0.4 is 24.8 Å². The second-order valence-corrected chi connectivity index (χ2v) is 10.8. The van der Waals surface area contributed by atoms with Gasteiger partial charge < -0.3 is 24.8 Å². The van der Waals surface area contributed by atoms with Crippen LogP contribution in [0.25, 0.3) is 11.1 Å². The first-order valence-electron chi connectivity index (χ1n) is 10.7. The van der Waals surface area contributed by atoms with Crippen LogP contribution in [-0.2, 0) is 37.0 Å². The summed E-state index contributed by atoms with van der Waals surface area (Å²) in [6, 6.07) is 12.2. The van der Waals surface area contributed by atoms with Crippen LogP contribution in [-0.4, -0.2) is 0 Å². The van der Waals surface area contributed by atoms with Crippen LogP contribution in [0.3, 0.4) is 0 Å². The molecule has 0 N–H and O–H groups in total. The van der Waals surface area contributed by atoms with Gasteiger partial charge in [0, 0.05) is 5.92 Å². The number of fused-ring (bicyclic) bond motifs is 3. The molecule has 3 heteroatoms. The van der Waals surface area contributed by atoms with Crippen molar-refractivity contribution >= 4 is 0 Å². The van der Waals surface area contributed by atoms with Gasteiger partial charge in [0.05, 0.1) is 0 Å².